The van der Waals surface area contributed by atoms with Crippen molar-refractivity contribution in [2.75, 3.05) is 0 Å². The number of amides is 1. The number of ether oxygens (including phenoxy) is 1. The molecule has 7 heteroatoms. The van der Waals surface area contributed by atoms with Crippen molar-refractivity contribution in [2.24, 2.45) is 0 Å². The monoisotopic (exact) mass is 333 g/mol. The van der Waals surface area contributed by atoms with Gasteiger partial charge < -0.3 is 14.5 Å². The summed E-state index contributed by atoms with van der Waals surface area (Å²) in [5.41, 5.74) is 1.12. The van der Waals surface area contributed by atoms with Crippen LogP contribution >= 0.6 is 11.8 Å². The second kappa shape index (κ2) is 7.04. The van der Waals surface area contributed by atoms with Crippen molar-refractivity contribution >= 4 is 17.7 Å². The Hall–Kier alpha value is -2.02. The maximum Gasteiger partial charge on any atom is 0.277 e. The van der Waals surface area contributed by atoms with E-state index in [0.29, 0.717) is 17.2 Å². The van der Waals surface area contributed by atoms with Crippen LogP contribution in [0.5, 0.6) is 5.75 Å². The Kier molecular flexibility index (Phi) is 4.85. The van der Waals surface area contributed by atoms with E-state index in [1.165, 1.54) is 11.8 Å². The third kappa shape index (κ3) is 4.72. The van der Waals surface area contributed by atoms with E-state index in [9.17, 15) is 4.79 Å². The summed E-state index contributed by atoms with van der Waals surface area (Å²) in [5, 5.41) is 11.0. The van der Waals surface area contributed by atoms with E-state index in [-0.39, 0.29) is 17.8 Å². The molecule has 1 amide bonds. The van der Waals surface area contributed by atoms with Crippen LogP contribution in [0.4, 0.5) is 0 Å². The van der Waals surface area contributed by atoms with E-state index in [1.54, 1.807) is 0 Å². The lowest BCUT2D eigenvalue weighted by Crippen LogP contribution is -2.32. The molecule has 23 heavy (non-hydrogen) atoms. The van der Waals surface area contributed by atoms with Crippen molar-refractivity contribution in [1.29, 1.82) is 0 Å². The van der Waals surface area contributed by atoms with Crippen LogP contribution in [0.15, 0.2) is 33.9 Å². The van der Waals surface area contributed by atoms with Crippen LogP contribution in [-0.2, 0) is 11.4 Å². The van der Waals surface area contributed by atoms with Crippen LogP contribution in [0.25, 0.3) is 0 Å². The Morgan fingerprint density at radius 3 is 3.04 bits per heavy atom. The maximum atomic E-state index is 11.9. The van der Waals surface area contributed by atoms with Gasteiger partial charge in [0.05, 0.1) is 5.25 Å². The molecule has 1 N–H and O–H groups in total. The lowest BCUT2D eigenvalue weighted by Gasteiger charge is -2.08. The van der Waals surface area contributed by atoms with Crippen LogP contribution < -0.4 is 10.1 Å². The fourth-order valence-electron chi connectivity index (χ4n) is 1.95. The summed E-state index contributed by atoms with van der Waals surface area (Å²) in [5.74, 6) is 1.16. The van der Waals surface area contributed by atoms with Gasteiger partial charge in [-0.25, -0.2) is 0 Å². The van der Waals surface area contributed by atoms with Crippen molar-refractivity contribution in [1.82, 2.24) is 15.5 Å². The highest BCUT2D eigenvalue weighted by Crippen LogP contribution is 2.24. The minimum atomic E-state index is -0.262. The number of benzene rings is 1. The van der Waals surface area contributed by atoms with Gasteiger partial charge in [0.25, 0.3) is 11.1 Å². The summed E-state index contributed by atoms with van der Waals surface area (Å²) in [7, 11) is 0. The Balaban J connectivity index is 1.50. The molecule has 6 nitrogen and oxygen atoms in total. The Labute approximate surface area is 139 Å². The number of aromatic nitrogens is 2. The first-order valence-electron chi connectivity index (χ1n) is 7.59. The Bertz CT molecular complexity index is 685. The summed E-state index contributed by atoms with van der Waals surface area (Å²) >= 11 is 1.26. The van der Waals surface area contributed by atoms with Crippen molar-refractivity contribution in [3.63, 3.8) is 0 Å². The zero-order valence-corrected chi connectivity index (χ0v) is 13.9. The molecule has 0 spiro atoms. The van der Waals surface area contributed by atoms with Crippen LogP contribution in [-0.4, -0.2) is 27.4 Å². The number of thioether (sulfide) groups is 1. The number of carbonyl (C=O) groups excluding carboxylic acids is 1. The van der Waals surface area contributed by atoms with Crippen molar-refractivity contribution in [3.05, 3.63) is 35.7 Å². The topological polar surface area (TPSA) is 77.2 Å². The lowest BCUT2D eigenvalue weighted by atomic mass is 10.2. The fourth-order valence-corrected chi connectivity index (χ4v) is 2.66. The van der Waals surface area contributed by atoms with E-state index in [4.69, 9.17) is 9.15 Å². The SMILES string of the molecule is Cc1cccc(OCc2nnc(S[C@@H](C)C(=O)NC3CC3)o2)c1. The molecule has 0 radical (unpaired) electrons. The van der Waals surface area contributed by atoms with Gasteiger partial charge in [-0.2, -0.15) is 0 Å². The largest absolute Gasteiger partial charge is 0.484 e. The molecule has 1 saturated carbocycles. The molecule has 122 valence electrons. The first-order valence-corrected chi connectivity index (χ1v) is 8.47. The Morgan fingerprint density at radius 1 is 1.48 bits per heavy atom. The van der Waals surface area contributed by atoms with Crippen molar-refractivity contribution in [2.45, 2.75) is 49.8 Å². The maximum absolute atomic E-state index is 11.9. The first kappa shape index (κ1) is 15.9. The minimum absolute atomic E-state index is 0.00765. The number of aryl methyl sites for hydroxylation is 1. The molecule has 1 atom stereocenters. The van der Waals surface area contributed by atoms with Gasteiger partial charge in [0.2, 0.25) is 5.91 Å². The van der Waals surface area contributed by atoms with E-state index < -0.39 is 0 Å². The molecule has 1 fully saturated rings. The molecule has 0 saturated heterocycles. The summed E-state index contributed by atoms with van der Waals surface area (Å²) in [6.45, 7) is 4.04. The van der Waals surface area contributed by atoms with Gasteiger partial charge >= 0.3 is 0 Å². The first-order chi connectivity index (χ1) is 11.1. The van der Waals surface area contributed by atoms with Gasteiger partial charge in [-0.3, -0.25) is 4.79 Å². The summed E-state index contributed by atoms with van der Waals surface area (Å²) in [6.07, 6.45) is 2.15. The predicted molar refractivity (Wildman–Crippen MR) is 86.3 cm³/mol. The molecule has 1 heterocycles. The van der Waals surface area contributed by atoms with Crippen LogP contribution in [0.1, 0.15) is 31.2 Å². The second-order valence-electron chi connectivity index (χ2n) is 5.61. The van der Waals surface area contributed by atoms with Gasteiger partial charge in [0.15, 0.2) is 6.61 Å². The fraction of sp³-hybridized carbons (Fsp3) is 0.438. The van der Waals surface area contributed by atoms with Crippen LogP contribution in [0.3, 0.4) is 0 Å². The molecule has 0 bridgehead atoms. The van der Waals surface area contributed by atoms with Crippen molar-refractivity contribution < 1.29 is 13.9 Å². The molecule has 1 aromatic heterocycles. The molecular weight excluding hydrogens is 314 g/mol. The number of nitrogens with one attached hydrogen (secondary N) is 1. The van der Waals surface area contributed by atoms with Gasteiger partial charge in [0, 0.05) is 6.04 Å². The number of nitrogens with zero attached hydrogens (tertiary/aromatic N) is 2. The van der Waals surface area contributed by atoms with Crippen LogP contribution in [0.2, 0.25) is 0 Å². The molecule has 2 aromatic rings. The number of hydrogen-bond donors (Lipinski definition) is 1. The smallest absolute Gasteiger partial charge is 0.277 e. The highest BCUT2D eigenvalue weighted by molar-refractivity contribution is 8.00. The normalized spacial score (nSPS) is 15.2. The molecule has 1 aromatic carbocycles. The van der Waals surface area contributed by atoms with Crippen molar-refractivity contribution in [3.8, 4) is 5.75 Å². The van der Waals surface area contributed by atoms with Crippen LogP contribution in [0, 0.1) is 6.92 Å². The molecule has 0 aliphatic heterocycles. The zero-order chi connectivity index (χ0) is 16.2. The molecule has 1 aliphatic carbocycles. The third-order valence-corrected chi connectivity index (χ3v) is 4.30. The quantitative estimate of drug-likeness (QED) is 0.785. The summed E-state index contributed by atoms with van der Waals surface area (Å²) in [6, 6.07) is 8.11. The predicted octanol–water partition coefficient (Wildman–Crippen LogP) is 2.72. The number of carbonyl (C=O) groups is 1. The average Bonchev–Trinajstić information content (AvgIpc) is 3.22. The lowest BCUT2D eigenvalue weighted by molar-refractivity contribution is -0.120. The van der Waals surface area contributed by atoms with Gasteiger partial charge in [-0.15, -0.1) is 10.2 Å². The highest BCUT2D eigenvalue weighted by Gasteiger charge is 2.26. The minimum Gasteiger partial charge on any atom is -0.484 e. The zero-order valence-electron chi connectivity index (χ0n) is 13.1. The average molecular weight is 333 g/mol. The second-order valence-corrected chi connectivity index (χ2v) is 6.90. The Morgan fingerprint density at radius 2 is 2.30 bits per heavy atom. The molecule has 1 aliphatic rings. The van der Waals surface area contributed by atoms with Gasteiger partial charge in [-0.1, -0.05) is 23.9 Å². The summed E-state index contributed by atoms with van der Waals surface area (Å²) in [4.78, 5) is 11.9. The van der Waals surface area contributed by atoms with E-state index in [1.807, 2.05) is 38.1 Å². The standard InChI is InChI=1S/C16H19N3O3S/c1-10-4-3-5-13(8-10)21-9-14-18-19-16(22-14)23-11(2)15(20)17-12-6-7-12/h3-5,8,11-12H,6-7,9H2,1-2H3,(H,17,20)/t11-/m0/s1. The number of rotatable bonds is 7. The van der Waals surface area contributed by atoms with E-state index in [0.717, 1.165) is 24.2 Å². The van der Waals surface area contributed by atoms with Gasteiger partial charge in [0.1, 0.15) is 5.75 Å². The number of hydrogen-bond acceptors (Lipinski definition) is 6. The highest BCUT2D eigenvalue weighted by atomic mass is 32.2. The van der Waals surface area contributed by atoms with E-state index >= 15 is 0 Å². The molecular formula is C16H19N3O3S. The van der Waals surface area contributed by atoms with Gasteiger partial charge in [-0.05, 0) is 44.4 Å². The molecule has 0 unspecified atom stereocenters. The molecule has 3 rings (SSSR count). The summed E-state index contributed by atoms with van der Waals surface area (Å²) < 4.78 is 11.1. The third-order valence-electron chi connectivity index (χ3n) is 3.37. The van der Waals surface area contributed by atoms with E-state index in [2.05, 4.69) is 15.5 Å².